The third kappa shape index (κ3) is 9.88. The van der Waals surface area contributed by atoms with E-state index in [0.717, 1.165) is 76.9 Å². The van der Waals surface area contributed by atoms with E-state index in [1.54, 1.807) is 20.2 Å². The summed E-state index contributed by atoms with van der Waals surface area (Å²) in [5, 5.41) is 6.57. The van der Waals surface area contributed by atoms with E-state index in [2.05, 4.69) is 44.3 Å². The first-order valence-corrected chi connectivity index (χ1v) is 10.9. The minimum absolute atomic E-state index is 0. The monoisotopic (exact) mass is 550 g/mol. The Morgan fingerprint density at radius 1 is 1.19 bits per heavy atom. The molecule has 178 valence electrons. The maximum Gasteiger partial charge on any atom is 0.191 e. The second-order valence-electron chi connectivity index (χ2n) is 7.71. The van der Waals surface area contributed by atoms with Crippen molar-refractivity contribution in [2.24, 2.45) is 4.99 Å². The van der Waals surface area contributed by atoms with Gasteiger partial charge in [0.25, 0.3) is 0 Å². The number of ether oxygens (including phenoxy) is 1. The molecule has 9 heteroatoms. The van der Waals surface area contributed by atoms with E-state index in [4.69, 9.17) is 4.74 Å². The molecule has 0 amide bonds. The molecule has 1 aromatic rings. The van der Waals surface area contributed by atoms with Crippen molar-refractivity contribution in [3.8, 4) is 0 Å². The molecule has 1 aliphatic heterocycles. The first kappa shape index (κ1) is 27.9. The third-order valence-corrected chi connectivity index (χ3v) is 5.53. The number of aliphatic imine (C=N–C) groups is 1. The van der Waals surface area contributed by atoms with Crippen LogP contribution in [0.2, 0.25) is 0 Å². The zero-order valence-electron chi connectivity index (χ0n) is 19.5. The van der Waals surface area contributed by atoms with Crippen LogP contribution in [0, 0.1) is 5.82 Å². The third-order valence-electron chi connectivity index (χ3n) is 5.53. The van der Waals surface area contributed by atoms with Crippen LogP contribution in [0.15, 0.2) is 23.2 Å². The molecule has 1 fully saturated rings. The smallest absolute Gasteiger partial charge is 0.191 e. The summed E-state index contributed by atoms with van der Waals surface area (Å²) in [4.78, 5) is 11.0. The Bertz CT molecular complexity index is 655. The fraction of sp³-hybridized carbons (Fsp3) is 0.682. The molecule has 1 saturated heterocycles. The first-order chi connectivity index (χ1) is 14.6. The van der Waals surface area contributed by atoms with Gasteiger partial charge in [0.1, 0.15) is 5.82 Å². The number of hydrogen-bond donors (Lipinski definition) is 2. The molecule has 0 unspecified atom stereocenters. The summed E-state index contributed by atoms with van der Waals surface area (Å²) in [6, 6.07) is 5.53. The SMILES string of the molecule is CCN1CCN(c2ccc(CNC(=NC)NCCN(C)CCCOC)cc2F)CC1.I. The minimum atomic E-state index is -0.153. The lowest BCUT2D eigenvalue weighted by Gasteiger charge is -2.35. The number of methoxy groups -OCH3 is 1. The maximum atomic E-state index is 14.7. The summed E-state index contributed by atoms with van der Waals surface area (Å²) < 4.78 is 19.8. The van der Waals surface area contributed by atoms with Gasteiger partial charge in [-0.1, -0.05) is 13.0 Å². The van der Waals surface area contributed by atoms with Crippen molar-refractivity contribution in [1.29, 1.82) is 0 Å². The fourth-order valence-corrected chi connectivity index (χ4v) is 3.58. The molecule has 0 atom stereocenters. The Morgan fingerprint density at radius 3 is 2.55 bits per heavy atom. The molecule has 1 aliphatic rings. The van der Waals surface area contributed by atoms with Crippen LogP contribution in [-0.2, 0) is 11.3 Å². The lowest BCUT2D eigenvalue weighted by atomic mass is 10.1. The van der Waals surface area contributed by atoms with Crippen LogP contribution >= 0.6 is 24.0 Å². The Morgan fingerprint density at radius 2 is 1.94 bits per heavy atom. The van der Waals surface area contributed by atoms with Crippen molar-refractivity contribution in [2.75, 3.05) is 85.1 Å². The van der Waals surface area contributed by atoms with Gasteiger partial charge in [-0.15, -0.1) is 24.0 Å². The molecule has 0 spiro atoms. The molecule has 7 nitrogen and oxygen atoms in total. The molecule has 0 aromatic heterocycles. The Labute approximate surface area is 204 Å². The predicted octanol–water partition coefficient (Wildman–Crippen LogP) is 2.22. The van der Waals surface area contributed by atoms with E-state index in [1.165, 1.54) is 0 Å². The highest BCUT2D eigenvalue weighted by Crippen LogP contribution is 2.22. The van der Waals surface area contributed by atoms with Gasteiger partial charge in [-0.05, 0) is 37.7 Å². The number of guanidine groups is 1. The fourth-order valence-electron chi connectivity index (χ4n) is 3.58. The Balaban J connectivity index is 0.00000480. The zero-order valence-corrected chi connectivity index (χ0v) is 21.8. The summed E-state index contributed by atoms with van der Waals surface area (Å²) in [6.45, 7) is 11.0. The highest BCUT2D eigenvalue weighted by molar-refractivity contribution is 14.0. The van der Waals surface area contributed by atoms with Gasteiger partial charge in [-0.2, -0.15) is 0 Å². The van der Waals surface area contributed by atoms with Crippen molar-refractivity contribution in [3.05, 3.63) is 29.6 Å². The minimum Gasteiger partial charge on any atom is -0.385 e. The standard InChI is InChI=1S/C22H39FN6O.HI/c1-5-28-12-14-29(15-13-28)21-8-7-19(17-20(21)23)18-26-22(24-2)25-9-11-27(3)10-6-16-30-4;/h7-8,17H,5-6,9-16,18H2,1-4H3,(H2,24,25,26);1H. The summed E-state index contributed by atoms with van der Waals surface area (Å²) in [5.41, 5.74) is 1.61. The lowest BCUT2D eigenvalue weighted by Crippen LogP contribution is -2.46. The predicted molar refractivity (Wildman–Crippen MR) is 138 cm³/mol. The topological polar surface area (TPSA) is 55.4 Å². The second-order valence-corrected chi connectivity index (χ2v) is 7.71. The molecule has 31 heavy (non-hydrogen) atoms. The molecule has 0 radical (unpaired) electrons. The van der Waals surface area contributed by atoms with Gasteiger partial charge in [0.15, 0.2) is 5.96 Å². The van der Waals surface area contributed by atoms with E-state index in [1.807, 2.05) is 12.1 Å². The first-order valence-electron chi connectivity index (χ1n) is 10.9. The highest BCUT2D eigenvalue weighted by Gasteiger charge is 2.18. The number of halogens is 2. The van der Waals surface area contributed by atoms with Crippen LogP contribution in [0.25, 0.3) is 0 Å². The van der Waals surface area contributed by atoms with Crippen molar-refractivity contribution in [2.45, 2.75) is 19.9 Å². The van der Waals surface area contributed by atoms with E-state index in [0.29, 0.717) is 12.2 Å². The van der Waals surface area contributed by atoms with Crippen LogP contribution in [0.1, 0.15) is 18.9 Å². The molecule has 0 saturated carbocycles. The highest BCUT2D eigenvalue weighted by atomic mass is 127. The van der Waals surface area contributed by atoms with Crippen LogP contribution < -0.4 is 15.5 Å². The van der Waals surface area contributed by atoms with Gasteiger partial charge >= 0.3 is 0 Å². The van der Waals surface area contributed by atoms with Crippen LogP contribution in [0.5, 0.6) is 0 Å². The number of likely N-dealkylation sites (N-methyl/N-ethyl adjacent to an activating group) is 2. The van der Waals surface area contributed by atoms with Gasteiger partial charge in [-0.25, -0.2) is 4.39 Å². The molecule has 2 rings (SSSR count). The van der Waals surface area contributed by atoms with Gasteiger partial charge in [-0.3, -0.25) is 4.99 Å². The van der Waals surface area contributed by atoms with Crippen LogP contribution in [-0.4, -0.2) is 95.9 Å². The zero-order chi connectivity index (χ0) is 21.8. The quantitative estimate of drug-likeness (QED) is 0.191. The van der Waals surface area contributed by atoms with Crippen molar-refractivity contribution < 1.29 is 9.13 Å². The molecule has 0 aliphatic carbocycles. The number of anilines is 1. The average Bonchev–Trinajstić information content (AvgIpc) is 2.76. The number of benzene rings is 1. The molecule has 0 bridgehead atoms. The van der Waals surface area contributed by atoms with E-state index >= 15 is 0 Å². The second kappa shape index (κ2) is 15.6. The maximum absolute atomic E-state index is 14.7. The molecular formula is C22H40FIN6O. The summed E-state index contributed by atoms with van der Waals surface area (Å²) in [6.07, 6.45) is 1.02. The van der Waals surface area contributed by atoms with Crippen molar-refractivity contribution >= 4 is 35.6 Å². The van der Waals surface area contributed by atoms with Crippen LogP contribution in [0.4, 0.5) is 10.1 Å². The van der Waals surface area contributed by atoms with Gasteiger partial charge < -0.3 is 30.1 Å². The largest absolute Gasteiger partial charge is 0.385 e. The van der Waals surface area contributed by atoms with E-state index in [9.17, 15) is 4.39 Å². The lowest BCUT2D eigenvalue weighted by molar-refractivity contribution is 0.180. The summed E-state index contributed by atoms with van der Waals surface area (Å²) in [7, 11) is 5.57. The Kier molecular flexibility index (Phi) is 14.0. The summed E-state index contributed by atoms with van der Waals surface area (Å²) >= 11 is 0. The number of nitrogens with zero attached hydrogens (tertiary/aromatic N) is 4. The normalized spacial score (nSPS) is 15.2. The number of nitrogens with one attached hydrogen (secondary N) is 2. The average molecular weight is 551 g/mol. The molecular weight excluding hydrogens is 510 g/mol. The van der Waals surface area contributed by atoms with Crippen LogP contribution in [0.3, 0.4) is 0 Å². The Hall–Kier alpha value is -1.17. The molecule has 1 aromatic carbocycles. The van der Waals surface area contributed by atoms with E-state index < -0.39 is 0 Å². The van der Waals surface area contributed by atoms with Gasteiger partial charge in [0.2, 0.25) is 0 Å². The van der Waals surface area contributed by atoms with E-state index in [-0.39, 0.29) is 29.8 Å². The van der Waals surface area contributed by atoms with Crippen molar-refractivity contribution in [3.63, 3.8) is 0 Å². The number of hydrogen-bond acceptors (Lipinski definition) is 5. The van der Waals surface area contributed by atoms with Gasteiger partial charge in [0.05, 0.1) is 5.69 Å². The van der Waals surface area contributed by atoms with Gasteiger partial charge in [0, 0.05) is 73.1 Å². The summed E-state index contributed by atoms with van der Waals surface area (Å²) in [5.74, 6) is 0.570. The number of rotatable bonds is 11. The molecule has 2 N–H and O–H groups in total. The molecule has 1 heterocycles. The van der Waals surface area contributed by atoms with Crippen molar-refractivity contribution in [1.82, 2.24) is 20.4 Å². The number of piperazine rings is 1.